The molecule has 0 radical (unpaired) electrons. The average Bonchev–Trinajstić information content (AvgIpc) is 2.39. The van der Waals surface area contributed by atoms with Gasteiger partial charge in [0.15, 0.2) is 0 Å². The first kappa shape index (κ1) is 14.8. The van der Waals surface area contributed by atoms with Gasteiger partial charge in [0.25, 0.3) is 0 Å². The van der Waals surface area contributed by atoms with E-state index in [-0.39, 0.29) is 37.4 Å². The van der Waals surface area contributed by atoms with Crippen LogP contribution in [0.1, 0.15) is 5.56 Å². The second-order valence-electron chi connectivity index (χ2n) is 5.14. The highest BCUT2D eigenvalue weighted by atomic mass is 16.2. The third-order valence-corrected chi connectivity index (χ3v) is 3.29. The van der Waals surface area contributed by atoms with Crippen molar-refractivity contribution >= 4 is 29.1 Å². The second-order valence-corrected chi connectivity index (χ2v) is 5.14. The molecule has 0 saturated carbocycles. The largest absolute Gasteiger partial charge is 0.397 e. The predicted octanol–water partition coefficient (Wildman–Crippen LogP) is -0.184. The topological polar surface area (TPSA) is 95.7 Å². The number of benzene rings is 1. The van der Waals surface area contributed by atoms with Crippen LogP contribution in [0.5, 0.6) is 0 Å². The summed E-state index contributed by atoms with van der Waals surface area (Å²) in [5, 5.41) is 2.65. The number of likely N-dealkylation sites (N-methyl/N-ethyl adjacent to an activating group) is 1. The molecule has 1 aromatic rings. The summed E-state index contributed by atoms with van der Waals surface area (Å²) in [5.74, 6) is -0.808. The Bertz CT molecular complexity index is 600. The smallest absolute Gasteiger partial charge is 0.244 e. The monoisotopic (exact) mass is 290 g/mol. The Kier molecular flexibility index (Phi) is 4.11. The number of carbonyl (C=O) groups excluding carboxylic acids is 3. The Hall–Kier alpha value is -2.57. The molecule has 2 rings (SSSR count). The van der Waals surface area contributed by atoms with Crippen molar-refractivity contribution in [3.05, 3.63) is 23.8 Å². The summed E-state index contributed by atoms with van der Waals surface area (Å²) in [6.07, 6.45) is 0. The lowest BCUT2D eigenvalue weighted by Crippen LogP contribution is -2.54. The highest BCUT2D eigenvalue weighted by Crippen LogP contribution is 2.19. The van der Waals surface area contributed by atoms with Gasteiger partial charge in [-0.2, -0.15) is 0 Å². The van der Waals surface area contributed by atoms with E-state index >= 15 is 0 Å². The summed E-state index contributed by atoms with van der Waals surface area (Å²) < 4.78 is 0. The number of hydrogen-bond acceptors (Lipinski definition) is 4. The van der Waals surface area contributed by atoms with Crippen LogP contribution in [-0.2, 0) is 14.4 Å². The molecule has 3 N–H and O–H groups in total. The maximum atomic E-state index is 12.0. The number of aryl methyl sites for hydroxylation is 1. The summed E-state index contributed by atoms with van der Waals surface area (Å²) in [6, 6.07) is 5.29. The molecule has 112 valence electrons. The lowest BCUT2D eigenvalue weighted by atomic mass is 10.2. The van der Waals surface area contributed by atoms with Crippen LogP contribution in [0.2, 0.25) is 0 Å². The number of nitrogen functional groups attached to an aromatic ring is 1. The number of piperazine rings is 1. The Morgan fingerprint density at radius 3 is 2.67 bits per heavy atom. The number of nitrogens with one attached hydrogen (secondary N) is 1. The summed E-state index contributed by atoms with van der Waals surface area (Å²) in [7, 11) is 1.56. The van der Waals surface area contributed by atoms with Crippen LogP contribution >= 0.6 is 0 Å². The van der Waals surface area contributed by atoms with Gasteiger partial charge in [-0.25, -0.2) is 0 Å². The molecule has 0 unspecified atom stereocenters. The van der Waals surface area contributed by atoms with E-state index in [1.165, 1.54) is 9.80 Å². The molecule has 0 aliphatic carbocycles. The van der Waals surface area contributed by atoms with Crippen LogP contribution in [0, 0.1) is 6.92 Å². The van der Waals surface area contributed by atoms with Gasteiger partial charge in [0.05, 0.1) is 17.9 Å². The van der Waals surface area contributed by atoms with E-state index < -0.39 is 0 Å². The number of rotatable bonds is 3. The Morgan fingerprint density at radius 1 is 1.29 bits per heavy atom. The normalized spacial score (nSPS) is 15.3. The fourth-order valence-electron chi connectivity index (χ4n) is 2.07. The zero-order valence-electron chi connectivity index (χ0n) is 12.0. The van der Waals surface area contributed by atoms with Gasteiger partial charge in [-0.1, -0.05) is 6.07 Å². The molecule has 7 heteroatoms. The number of nitrogens with zero attached hydrogens (tertiary/aromatic N) is 2. The fraction of sp³-hybridized carbons (Fsp3) is 0.357. The zero-order valence-corrected chi connectivity index (χ0v) is 12.0. The highest BCUT2D eigenvalue weighted by Gasteiger charge is 2.28. The zero-order chi connectivity index (χ0) is 15.6. The summed E-state index contributed by atoms with van der Waals surface area (Å²) >= 11 is 0. The average molecular weight is 290 g/mol. The molecule has 1 aromatic carbocycles. The number of carbonyl (C=O) groups is 3. The van der Waals surface area contributed by atoms with Crippen molar-refractivity contribution in [2.45, 2.75) is 6.92 Å². The standard InChI is InChI=1S/C14H18N4O3/c1-9-3-4-11(10(15)5-9)16-12(19)6-18-8-13(20)17(2)7-14(18)21/h3-5H,6-8,15H2,1-2H3,(H,16,19). The van der Waals surface area contributed by atoms with Crippen molar-refractivity contribution in [2.75, 3.05) is 37.7 Å². The molecule has 3 amide bonds. The van der Waals surface area contributed by atoms with E-state index in [2.05, 4.69) is 5.32 Å². The van der Waals surface area contributed by atoms with E-state index in [4.69, 9.17) is 5.73 Å². The lowest BCUT2D eigenvalue weighted by Gasteiger charge is -2.31. The van der Waals surface area contributed by atoms with Crippen molar-refractivity contribution < 1.29 is 14.4 Å². The SMILES string of the molecule is Cc1ccc(NC(=O)CN2CC(=O)N(C)CC2=O)c(N)c1. The predicted molar refractivity (Wildman–Crippen MR) is 78.4 cm³/mol. The Balaban J connectivity index is 1.98. The number of nitrogens with two attached hydrogens (primary N) is 1. The quantitative estimate of drug-likeness (QED) is 0.755. The van der Waals surface area contributed by atoms with Gasteiger partial charge in [-0.15, -0.1) is 0 Å². The minimum absolute atomic E-state index is 0.00121. The van der Waals surface area contributed by atoms with Gasteiger partial charge in [0.2, 0.25) is 17.7 Å². The molecule has 1 saturated heterocycles. The molecular weight excluding hydrogens is 272 g/mol. The fourth-order valence-corrected chi connectivity index (χ4v) is 2.07. The summed E-state index contributed by atoms with van der Waals surface area (Å²) in [6.45, 7) is 1.66. The van der Waals surface area contributed by atoms with Crippen LogP contribution in [0.15, 0.2) is 18.2 Å². The van der Waals surface area contributed by atoms with E-state index in [1.807, 2.05) is 13.0 Å². The first-order chi connectivity index (χ1) is 9.86. The molecule has 21 heavy (non-hydrogen) atoms. The van der Waals surface area contributed by atoms with Crippen LogP contribution in [0.4, 0.5) is 11.4 Å². The van der Waals surface area contributed by atoms with Crippen LogP contribution in [0.25, 0.3) is 0 Å². The van der Waals surface area contributed by atoms with Gasteiger partial charge in [0, 0.05) is 7.05 Å². The van der Waals surface area contributed by atoms with Crippen LogP contribution in [-0.4, -0.2) is 54.2 Å². The first-order valence-corrected chi connectivity index (χ1v) is 6.54. The number of hydrogen-bond donors (Lipinski definition) is 2. The second kappa shape index (κ2) is 5.82. The molecule has 1 heterocycles. The summed E-state index contributed by atoms with van der Waals surface area (Å²) in [4.78, 5) is 37.9. The van der Waals surface area contributed by atoms with Crippen LogP contribution in [0.3, 0.4) is 0 Å². The minimum atomic E-state index is -0.378. The van der Waals surface area contributed by atoms with Crippen molar-refractivity contribution in [1.29, 1.82) is 0 Å². The van der Waals surface area contributed by atoms with Gasteiger partial charge >= 0.3 is 0 Å². The molecule has 0 bridgehead atoms. The lowest BCUT2D eigenvalue weighted by molar-refractivity contribution is -0.149. The van der Waals surface area contributed by atoms with E-state index in [0.29, 0.717) is 11.4 Å². The van der Waals surface area contributed by atoms with Gasteiger partial charge in [-0.3, -0.25) is 14.4 Å². The van der Waals surface area contributed by atoms with Gasteiger partial charge in [-0.05, 0) is 24.6 Å². The van der Waals surface area contributed by atoms with Gasteiger partial charge in [0.1, 0.15) is 13.1 Å². The number of amides is 3. The van der Waals surface area contributed by atoms with Crippen molar-refractivity contribution in [3.8, 4) is 0 Å². The third kappa shape index (κ3) is 3.50. The minimum Gasteiger partial charge on any atom is -0.397 e. The first-order valence-electron chi connectivity index (χ1n) is 6.54. The van der Waals surface area contributed by atoms with Crippen molar-refractivity contribution in [3.63, 3.8) is 0 Å². The maximum absolute atomic E-state index is 12.0. The maximum Gasteiger partial charge on any atom is 0.244 e. The molecular formula is C14H18N4O3. The van der Waals surface area contributed by atoms with E-state index in [0.717, 1.165) is 5.56 Å². The third-order valence-electron chi connectivity index (χ3n) is 3.29. The molecule has 0 aromatic heterocycles. The van der Waals surface area contributed by atoms with E-state index in [1.54, 1.807) is 19.2 Å². The van der Waals surface area contributed by atoms with Crippen molar-refractivity contribution in [2.24, 2.45) is 0 Å². The molecule has 0 atom stereocenters. The molecule has 1 fully saturated rings. The Morgan fingerprint density at radius 2 is 2.00 bits per heavy atom. The van der Waals surface area contributed by atoms with Gasteiger partial charge < -0.3 is 20.9 Å². The van der Waals surface area contributed by atoms with E-state index in [9.17, 15) is 14.4 Å². The van der Waals surface area contributed by atoms with Crippen molar-refractivity contribution in [1.82, 2.24) is 9.80 Å². The molecule has 0 spiro atoms. The summed E-state index contributed by atoms with van der Waals surface area (Å²) in [5.41, 5.74) is 7.77. The van der Waals surface area contributed by atoms with Crippen LogP contribution < -0.4 is 11.1 Å². The molecule has 1 aliphatic heterocycles. The number of anilines is 2. The Labute approximate surface area is 122 Å². The highest BCUT2D eigenvalue weighted by molar-refractivity contribution is 5.99. The molecule has 1 aliphatic rings. The molecule has 7 nitrogen and oxygen atoms in total.